The Labute approximate surface area is 175 Å². The first-order valence-electron chi connectivity index (χ1n) is 10.1. The van der Waals surface area contributed by atoms with E-state index in [0.717, 1.165) is 11.1 Å². The number of carboxylic acid groups (broad SMARTS) is 1. The highest BCUT2D eigenvalue weighted by Gasteiger charge is 2.27. The van der Waals surface area contributed by atoms with Crippen LogP contribution in [0.2, 0.25) is 0 Å². The fourth-order valence-corrected chi connectivity index (χ4v) is 3.88. The van der Waals surface area contributed by atoms with E-state index in [-0.39, 0.29) is 12.0 Å². The fraction of sp³-hybridized carbons (Fsp3) is 0.261. The van der Waals surface area contributed by atoms with E-state index in [1.165, 1.54) is 6.33 Å². The first-order chi connectivity index (χ1) is 14.6. The summed E-state index contributed by atoms with van der Waals surface area (Å²) in [6, 6.07) is 20.2. The molecule has 154 valence electrons. The zero-order chi connectivity index (χ0) is 20.9. The Bertz CT molecular complexity index is 949. The summed E-state index contributed by atoms with van der Waals surface area (Å²) in [7, 11) is 0. The van der Waals surface area contributed by atoms with Gasteiger partial charge in [0.05, 0.1) is 12.0 Å². The summed E-state index contributed by atoms with van der Waals surface area (Å²) in [6.45, 7) is 1.22. The molecule has 0 unspecified atom stereocenters. The second-order valence-electron chi connectivity index (χ2n) is 7.46. The molecular formula is C23H25N5O2. The van der Waals surface area contributed by atoms with Crippen molar-refractivity contribution >= 4 is 23.3 Å². The monoisotopic (exact) mass is 403 g/mol. The SMILES string of the molecule is Nc1c(NC(c2ccccc2)c2ccccc2)ncnc1N1CCC(C(=O)O)CC1. The number of hydrogen-bond donors (Lipinski definition) is 3. The standard InChI is InChI=1S/C23H25N5O2/c24-19-21(25-15-26-22(19)28-13-11-18(12-14-28)23(29)30)27-20(16-7-3-1-4-8-16)17-9-5-2-6-10-17/h1-10,15,18,20H,11-14,24H2,(H,29,30)(H,25,26,27). The number of nitrogen functional groups attached to an aromatic ring is 1. The minimum Gasteiger partial charge on any atom is -0.481 e. The second-order valence-corrected chi connectivity index (χ2v) is 7.46. The Kier molecular flexibility index (Phi) is 5.79. The van der Waals surface area contributed by atoms with Crippen molar-refractivity contribution in [3.63, 3.8) is 0 Å². The van der Waals surface area contributed by atoms with Crippen molar-refractivity contribution in [3.8, 4) is 0 Å². The van der Waals surface area contributed by atoms with E-state index >= 15 is 0 Å². The molecule has 0 radical (unpaired) electrons. The Morgan fingerprint density at radius 1 is 1.00 bits per heavy atom. The number of carboxylic acids is 1. The maximum absolute atomic E-state index is 11.2. The van der Waals surface area contributed by atoms with Crippen LogP contribution in [0.3, 0.4) is 0 Å². The van der Waals surface area contributed by atoms with Crippen LogP contribution < -0.4 is 16.0 Å². The molecule has 3 aromatic rings. The molecule has 0 bridgehead atoms. The third kappa shape index (κ3) is 4.20. The lowest BCUT2D eigenvalue weighted by molar-refractivity contribution is -0.142. The Morgan fingerprint density at radius 2 is 1.57 bits per heavy atom. The van der Waals surface area contributed by atoms with Gasteiger partial charge in [-0.15, -0.1) is 0 Å². The molecule has 4 N–H and O–H groups in total. The molecule has 2 heterocycles. The van der Waals surface area contributed by atoms with E-state index in [2.05, 4.69) is 39.6 Å². The van der Waals surface area contributed by atoms with Gasteiger partial charge in [-0.1, -0.05) is 60.7 Å². The third-order valence-corrected chi connectivity index (χ3v) is 5.55. The van der Waals surface area contributed by atoms with E-state index in [4.69, 9.17) is 5.73 Å². The lowest BCUT2D eigenvalue weighted by atomic mass is 9.97. The van der Waals surface area contributed by atoms with Gasteiger partial charge < -0.3 is 21.1 Å². The average molecular weight is 403 g/mol. The molecular weight excluding hydrogens is 378 g/mol. The van der Waals surface area contributed by atoms with Crippen molar-refractivity contribution in [2.75, 3.05) is 29.0 Å². The second kappa shape index (κ2) is 8.82. The summed E-state index contributed by atoms with van der Waals surface area (Å²) in [5.74, 6) is 0.179. The Balaban J connectivity index is 1.61. The van der Waals surface area contributed by atoms with Crippen LogP contribution in [0, 0.1) is 5.92 Å². The van der Waals surface area contributed by atoms with Gasteiger partial charge in [0.15, 0.2) is 11.6 Å². The summed E-state index contributed by atoms with van der Waals surface area (Å²) >= 11 is 0. The molecule has 7 heteroatoms. The van der Waals surface area contributed by atoms with E-state index in [1.807, 2.05) is 41.3 Å². The highest BCUT2D eigenvalue weighted by molar-refractivity contribution is 5.76. The zero-order valence-corrected chi connectivity index (χ0v) is 16.6. The Hall–Kier alpha value is -3.61. The first kappa shape index (κ1) is 19.7. The van der Waals surface area contributed by atoms with Crippen LogP contribution in [0.4, 0.5) is 17.3 Å². The lowest BCUT2D eigenvalue weighted by Crippen LogP contribution is -2.37. The maximum Gasteiger partial charge on any atom is 0.306 e. The predicted octanol–water partition coefficient (Wildman–Crippen LogP) is 3.56. The summed E-state index contributed by atoms with van der Waals surface area (Å²) < 4.78 is 0. The average Bonchev–Trinajstić information content (AvgIpc) is 2.79. The molecule has 0 aliphatic carbocycles. The van der Waals surface area contributed by atoms with Gasteiger partial charge in [0, 0.05) is 13.1 Å². The summed E-state index contributed by atoms with van der Waals surface area (Å²) in [6.07, 6.45) is 2.67. The van der Waals surface area contributed by atoms with Crippen molar-refractivity contribution in [3.05, 3.63) is 78.1 Å². The number of carbonyl (C=O) groups is 1. The molecule has 30 heavy (non-hydrogen) atoms. The van der Waals surface area contributed by atoms with Crippen LogP contribution in [0.15, 0.2) is 67.0 Å². The van der Waals surface area contributed by atoms with Gasteiger partial charge in [-0.2, -0.15) is 0 Å². The first-order valence-corrected chi connectivity index (χ1v) is 10.1. The fourth-order valence-electron chi connectivity index (χ4n) is 3.88. The van der Waals surface area contributed by atoms with Crippen LogP contribution >= 0.6 is 0 Å². The van der Waals surface area contributed by atoms with Gasteiger partial charge in [0.1, 0.15) is 12.0 Å². The maximum atomic E-state index is 11.2. The van der Waals surface area contributed by atoms with Crippen molar-refractivity contribution in [2.24, 2.45) is 5.92 Å². The van der Waals surface area contributed by atoms with Crippen molar-refractivity contribution in [2.45, 2.75) is 18.9 Å². The molecule has 0 atom stereocenters. The summed E-state index contributed by atoms with van der Waals surface area (Å²) in [5.41, 5.74) is 9.15. The van der Waals surface area contributed by atoms with Crippen molar-refractivity contribution in [1.82, 2.24) is 9.97 Å². The van der Waals surface area contributed by atoms with E-state index in [1.54, 1.807) is 0 Å². The van der Waals surface area contributed by atoms with Gasteiger partial charge in [0.25, 0.3) is 0 Å². The van der Waals surface area contributed by atoms with Gasteiger partial charge in [-0.25, -0.2) is 9.97 Å². The van der Waals surface area contributed by atoms with Crippen molar-refractivity contribution in [1.29, 1.82) is 0 Å². The van der Waals surface area contributed by atoms with Crippen LogP contribution in [0.5, 0.6) is 0 Å². The van der Waals surface area contributed by atoms with E-state index in [0.29, 0.717) is 43.3 Å². The molecule has 1 fully saturated rings. The van der Waals surface area contributed by atoms with Gasteiger partial charge >= 0.3 is 5.97 Å². The number of aliphatic carboxylic acids is 1. The predicted molar refractivity (Wildman–Crippen MR) is 117 cm³/mol. The highest BCUT2D eigenvalue weighted by atomic mass is 16.4. The third-order valence-electron chi connectivity index (χ3n) is 5.55. The van der Waals surface area contributed by atoms with E-state index < -0.39 is 5.97 Å². The van der Waals surface area contributed by atoms with Gasteiger partial charge in [0.2, 0.25) is 0 Å². The smallest absolute Gasteiger partial charge is 0.306 e. The lowest BCUT2D eigenvalue weighted by Gasteiger charge is -2.32. The number of benzene rings is 2. The molecule has 0 spiro atoms. The van der Waals surface area contributed by atoms with Gasteiger partial charge in [-0.3, -0.25) is 4.79 Å². The summed E-state index contributed by atoms with van der Waals surface area (Å²) in [5, 5.41) is 12.7. The molecule has 1 aliphatic heterocycles. The number of aromatic nitrogens is 2. The van der Waals surface area contributed by atoms with Crippen LogP contribution in [0.25, 0.3) is 0 Å². The van der Waals surface area contributed by atoms with Crippen LogP contribution in [-0.2, 0) is 4.79 Å². The number of nitrogens with two attached hydrogens (primary N) is 1. The van der Waals surface area contributed by atoms with E-state index in [9.17, 15) is 9.90 Å². The molecule has 1 aromatic heterocycles. The molecule has 7 nitrogen and oxygen atoms in total. The van der Waals surface area contributed by atoms with Crippen LogP contribution in [0.1, 0.15) is 30.0 Å². The molecule has 1 saturated heterocycles. The normalized spacial score (nSPS) is 14.6. The van der Waals surface area contributed by atoms with Crippen LogP contribution in [-0.4, -0.2) is 34.1 Å². The quantitative estimate of drug-likeness (QED) is 0.578. The molecule has 0 saturated carbocycles. The highest BCUT2D eigenvalue weighted by Crippen LogP contribution is 2.33. The number of rotatable bonds is 6. The molecule has 1 aliphatic rings. The number of nitrogens with one attached hydrogen (secondary N) is 1. The number of nitrogens with zero attached hydrogens (tertiary/aromatic N) is 3. The minimum atomic E-state index is -0.735. The number of piperidine rings is 1. The largest absolute Gasteiger partial charge is 0.481 e. The number of hydrogen-bond acceptors (Lipinski definition) is 6. The Morgan fingerprint density at radius 3 is 2.10 bits per heavy atom. The molecule has 4 rings (SSSR count). The topological polar surface area (TPSA) is 104 Å². The zero-order valence-electron chi connectivity index (χ0n) is 16.6. The minimum absolute atomic E-state index is 0.116. The molecule has 2 aromatic carbocycles. The summed E-state index contributed by atoms with van der Waals surface area (Å²) in [4.78, 5) is 22.1. The van der Waals surface area contributed by atoms with Gasteiger partial charge in [-0.05, 0) is 24.0 Å². The van der Waals surface area contributed by atoms with Crippen molar-refractivity contribution < 1.29 is 9.90 Å². The number of anilines is 3. The molecule has 0 amide bonds.